The summed E-state index contributed by atoms with van der Waals surface area (Å²) in [6.45, 7) is 6.67. The molecule has 1 aliphatic heterocycles. The lowest BCUT2D eigenvalue weighted by Gasteiger charge is -2.37. The average molecular weight is 260 g/mol. The van der Waals surface area contributed by atoms with Crippen LogP contribution in [0.2, 0.25) is 0 Å². The van der Waals surface area contributed by atoms with Gasteiger partial charge in [-0.1, -0.05) is 18.5 Å². The molecule has 0 aromatic heterocycles. The second-order valence-corrected chi connectivity index (χ2v) is 4.72. The van der Waals surface area contributed by atoms with Crippen molar-refractivity contribution in [3.8, 4) is 0 Å². The molecule has 1 aliphatic rings. The zero-order valence-electron chi connectivity index (χ0n) is 10.6. The normalized spacial score (nSPS) is 19.1. The van der Waals surface area contributed by atoms with Gasteiger partial charge in [-0.25, -0.2) is 0 Å². The van der Waals surface area contributed by atoms with Crippen LogP contribution in [0.3, 0.4) is 0 Å². The standard InChI is InChI=1S/C11H22ClN5/c1-3-9(15-2)8-16-4-6-17(7-5-16)11(14)10(12)13/h9,13-15H,3-8H2,1-2H3. The lowest BCUT2D eigenvalue weighted by atomic mass is 10.2. The van der Waals surface area contributed by atoms with Gasteiger partial charge in [0.15, 0.2) is 11.0 Å². The highest BCUT2D eigenvalue weighted by Gasteiger charge is 2.21. The molecule has 0 amide bonds. The first kappa shape index (κ1) is 14.4. The fourth-order valence-electron chi connectivity index (χ4n) is 2.03. The van der Waals surface area contributed by atoms with Gasteiger partial charge in [-0.2, -0.15) is 0 Å². The molecule has 1 atom stereocenters. The maximum Gasteiger partial charge on any atom is 0.163 e. The molecule has 0 spiro atoms. The van der Waals surface area contributed by atoms with Crippen molar-refractivity contribution in [2.75, 3.05) is 39.8 Å². The van der Waals surface area contributed by atoms with E-state index in [0.29, 0.717) is 6.04 Å². The van der Waals surface area contributed by atoms with Gasteiger partial charge >= 0.3 is 0 Å². The van der Waals surface area contributed by atoms with Crippen LogP contribution in [-0.2, 0) is 0 Å². The lowest BCUT2D eigenvalue weighted by Crippen LogP contribution is -2.52. The maximum atomic E-state index is 7.66. The number of hydrogen-bond acceptors (Lipinski definition) is 4. The Labute approximate surface area is 108 Å². The number of nitrogens with one attached hydrogen (secondary N) is 3. The summed E-state index contributed by atoms with van der Waals surface area (Å²) in [6.07, 6.45) is 1.12. The minimum atomic E-state index is -0.167. The summed E-state index contributed by atoms with van der Waals surface area (Å²) in [7, 11) is 1.99. The summed E-state index contributed by atoms with van der Waals surface area (Å²) < 4.78 is 0. The summed E-state index contributed by atoms with van der Waals surface area (Å²) >= 11 is 5.52. The number of piperazine rings is 1. The largest absolute Gasteiger partial charge is 0.352 e. The van der Waals surface area contributed by atoms with Crippen LogP contribution in [0.4, 0.5) is 0 Å². The van der Waals surface area contributed by atoms with E-state index in [2.05, 4.69) is 17.1 Å². The van der Waals surface area contributed by atoms with Gasteiger partial charge in [0.05, 0.1) is 0 Å². The molecule has 1 rings (SSSR count). The Morgan fingerprint density at radius 2 is 1.88 bits per heavy atom. The van der Waals surface area contributed by atoms with Gasteiger partial charge in [0.25, 0.3) is 0 Å². The highest BCUT2D eigenvalue weighted by molar-refractivity contribution is 6.82. The van der Waals surface area contributed by atoms with Crippen molar-refractivity contribution < 1.29 is 0 Å². The van der Waals surface area contributed by atoms with Gasteiger partial charge in [-0.05, 0) is 13.5 Å². The molecule has 17 heavy (non-hydrogen) atoms. The Bertz CT molecular complexity index is 269. The van der Waals surface area contributed by atoms with Crippen molar-refractivity contribution in [3.63, 3.8) is 0 Å². The first-order valence-corrected chi connectivity index (χ1v) is 6.43. The molecule has 0 aromatic carbocycles. The topological polar surface area (TPSA) is 66.2 Å². The number of rotatable bonds is 5. The summed E-state index contributed by atoms with van der Waals surface area (Å²) in [6, 6.07) is 0.535. The van der Waals surface area contributed by atoms with Crippen LogP contribution in [0, 0.1) is 10.8 Å². The number of halogens is 1. The molecule has 0 saturated carbocycles. The van der Waals surface area contributed by atoms with E-state index in [1.165, 1.54) is 0 Å². The fourth-order valence-corrected chi connectivity index (χ4v) is 2.15. The molecule has 5 nitrogen and oxygen atoms in total. The van der Waals surface area contributed by atoms with Gasteiger partial charge < -0.3 is 10.2 Å². The van der Waals surface area contributed by atoms with E-state index in [1.807, 2.05) is 11.9 Å². The Kier molecular flexibility index (Phi) is 5.88. The number of nitrogens with zero attached hydrogens (tertiary/aromatic N) is 2. The molecule has 1 saturated heterocycles. The Morgan fingerprint density at radius 3 is 2.29 bits per heavy atom. The summed E-state index contributed by atoms with van der Waals surface area (Å²) in [5.41, 5.74) is 0. The molecule has 1 fully saturated rings. The third kappa shape index (κ3) is 4.26. The quantitative estimate of drug-likeness (QED) is 0.505. The molecule has 0 aromatic rings. The zero-order valence-corrected chi connectivity index (χ0v) is 11.3. The smallest absolute Gasteiger partial charge is 0.163 e. The third-order valence-corrected chi connectivity index (χ3v) is 3.46. The Hall–Kier alpha value is -0.650. The molecule has 6 heteroatoms. The van der Waals surface area contributed by atoms with E-state index >= 15 is 0 Å². The van der Waals surface area contributed by atoms with Crippen molar-refractivity contribution in [1.82, 2.24) is 15.1 Å². The molecular formula is C11H22ClN5. The van der Waals surface area contributed by atoms with E-state index in [4.69, 9.17) is 22.4 Å². The van der Waals surface area contributed by atoms with Crippen LogP contribution in [0.5, 0.6) is 0 Å². The van der Waals surface area contributed by atoms with Crippen LogP contribution in [0.25, 0.3) is 0 Å². The van der Waals surface area contributed by atoms with Crippen molar-refractivity contribution in [2.24, 2.45) is 0 Å². The Morgan fingerprint density at radius 1 is 1.29 bits per heavy atom. The van der Waals surface area contributed by atoms with Crippen LogP contribution in [0.1, 0.15) is 13.3 Å². The minimum Gasteiger partial charge on any atom is -0.352 e. The van der Waals surface area contributed by atoms with E-state index in [9.17, 15) is 0 Å². The number of likely N-dealkylation sites (N-methyl/N-ethyl adjacent to an activating group) is 1. The lowest BCUT2D eigenvalue weighted by molar-refractivity contribution is 0.168. The summed E-state index contributed by atoms with van der Waals surface area (Å²) in [5.74, 6) is 0.145. The van der Waals surface area contributed by atoms with Crippen molar-refractivity contribution >= 4 is 22.6 Å². The van der Waals surface area contributed by atoms with Crippen LogP contribution in [-0.4, -0.2) is 66.6 Å². The maximum absolute atomic E-state index is 7.66. The molecule has 1 heterocycles. The van der Waals surface area contributed by atoms with Crippen molar-refractivity contribution in [1.29, 1.82) is 10.8 Å². The first-order chi connectivity index (χ1) is 8.08. The van der Waals surface area contributed by atoms with E-state index in [-0.39, 0.29) is 11.0 Å². The predicted molar refractivity (Wildman–Crippen MR) is 72.5 cm³/mol. The predicted octanol–water partition coefficient (Wildman–Crippen LogP) is 0.795. The number of hydrogen-bond donors (Lipinski definition) is 3. The molecule has 3 N–H and O–H groups in total. The Balaban J connectivity index is 2.35. The van der Waals surface area contributed by atoms with Crippen LogP contribution >= 0.6 is 11.6 Å². The van der Waals surface area contributed by atoms with Gasteiger partial charge in [0, 0.05) is 38.8 Å². The van der Waals surface area contributed by atoms with E-state index in [0.717, 1.165) is 39.1 Å². The molecule has 1 unspecified atom stereocenters. The second-order valence-electron chi connectivity index (χ2n) is 4.34. The van der Waals surface area contributed by atoms with Crippen LogP contribution < -0.4 is 5.32 Å². The third-order valence-electron chi connectivity index (χ3n) is 3.28. The van der Waals surface area contributed by atoms with Gasteiger partial charge in [-0.15, -0.1) is 0 Å². The monoisotopic (exact) mass is 259 g/mol. The average Bonchev–Trinajstić information content (AvgIpc) is 2.35. The molecular weight excluding hydrogens is 238 g/mol. The molecule has 0 radical (unpaired) electrons. The van der Waals surface area contributed by atoms with Gasteiger partial charge in [0.1, 0.15) is 0 Å². The van der Waals surface area contributed by atoms with Crippen molar-refractivity contribution in [2.45, 2.75) is 19.4 Å². The minimum absolute atomic E-state index is 0.145. The van der Waals surface area contributed by atoms with E-state index < -0.39 is 0 Å². The molecule has 0 aliphatic carbocycles. The summed E-state index contributed by atoms with van der Waals surface area (Å²) in [5, 5.41) is 18.0. The summed E-state index contributed by atoms with van der Waals surface area (Å²) in [4.78, 5) is 4.26. The molecule has 0 bridgehead atoms. The first-order valence-electron chi connectivity index (χ1n) is 6.06. The zero-order chi connectivity index (χ0) is 12.8. The van der Waals surface area contributed by atoms with E-state index in [1.54, 1.807) is 0 Å². The fraction of sp³-hybridized carbons (Fsp3) is 0.818. The number of amidine groups is 1. The highest BCUT2D eigenvalue weighted by atomic mass is 35.5. The second kappa shape index (κ2) is 6.93. The van der Waals surface area contributed by atoms with Gasteiger partial charge in [-0.3, -0.25) is 15.7 Å². The van der Waals surface area contributed by atoms with Crippen molar-refractivity contribution in [3.05, 3.63) is 0 Å². The highest BCUT2D eigenvalue weighted by Crippen LogP contribution is 2.05. The van der Waals surface area contributed by atoms with Gasteiger partial charge in [0.2, 0.25) is 0 Å². The van der Waals surface area contributed by atoms with Crippen LogP contribution in [0.15, 0.2) is 0 Å². The SMILES string of the molecule is CCC(CN1CCN(C(=N)C(=N)Cl)CC1)NC. The molecule has 98 valence electrons.